The monoisotopic (exact) mass is 309 g/mol. The molecule has 0 radical (unpaired) electrons. The molecule has 0 fully saturated rings. The first-order valence-electron chi connectivity index (χ1n) is 6.47. The fourth-order valence-corrected chi connectivity index (χ4v) is 3.04. The van der Waals surface area contributed by atoms with Crippen molar-refractivity contribution in [1.29, 1.82) is 0 Å². The maximum Gasteiger partial charge on any atom is 0.264 e. The van der Waals surface area contributed by atoms with Crippen molar-refractivity contribution in [2.45, 2.75) is 24.8 Å². The predicted molar refractivity (Wildman–Crippen MR) is 79.0 cm³/mol. The van der Waals surface area contributed by atoms with E-state index in [1.165, 1.54) is 6.07 Å². The second-order valence-corrected chi connectivity index (χ2v) is 6.23. The van der Waals surface area contributed by atoms with Gasteiger partial charge in [0.15, 0.2) is 0 Å². The van der Waals surface area contributed by atoms with Crippen LogP contribution in [-0.2, 0) is 23.1 Å². The minimum atomic E-state index is -4.00. The zero-order valence-corrected chi connectivity index (χ0v) is 12.3. The standard InChI is InChI=1S/C15H16FNO3S/c1-2-11-4-3-5-13(8-11)17-21(19,20)15-7-6-12(10-18)9-14(15)16/h3-9,17-18H,2,10H2,1H3. The lowest BCUT2D eigenvalue weighted by atomic mass is 10.1. The molecule has 2 aromatic carbocycles. The van der Waals surface area contributed by atoms with Crippen LogP contribution in [0.3, 0.4) is 0 Å². The van der Waals surface area contributed by atoms with Gasteiger partial charge < -0.3 is 5.11 Å². The average Bonchev–Trinajstić information content (AvgIpc) is 2.46. The number of aryl methyl sites for hydroxylation is 1. The molecule has 0 heterocycles. The zero-order chi connectivity index (χ0) is 15.5. The lowest BCUT2D eigenvalue weighted by molar-refractivity contribution is 0.281. The number of hydrogen-bond acceptors (Lipinski definition) is 3. The van der Waals surface area contributed by atoms with Crippen LogP contribution in [0.2, 0.25) is 0 Å². The number of anilines is 1. The summed E-state index contributed by atoms with van der Waals surface area (Å²) in [6.45, 7) is 1.62. The lowest BCUT2D eigenvalue weighted by Crippen LogP contribution is -2.15. The number of aliphatic hydroxyl groups is 1. The first-order chi connectivity index (χ1) is 9.96. The summed E-state index contributed by atoms with van der Waals surface area (Å²) in [6, 6.07) is 10.5. The number of aliphatic hydroxyl groups excluding tert-OH is 1. The summed E-state index contributed by atoms with van der Waals surface area (Å²) in [5.41, 5.74) is 1.69. The van der Waals surface area contributed by atoms with Gasteiger partial charge in [0.1, 0.15) is 10.7 Å². The maximum absolute atomic E-state index is 13.9. The number of halogens is 1. The third-order valence-corrected chi connectivity index (χ3v) is 4.47. The molecule has 2 rings (SSSR count). The van der Waals surface area contributed by atoms with Crippen molar-refractivity contribution in [1.82, 2.24) is 0 Å². The minimum Gasteiger partial charge on any atom is -0.392 e. The Balaban J connectivity index is 2.33. The van der Waals surface area contributed by atoms with Gasteiger partial charge in [0, 0.05) is 5.69 Å². The third-order valence-electron chi connectivity index (χ3n) is 3.06. The molecule has 0 aromatic heterocycles. The molecule has 0 bridgehead atoms. The van der Waals surface area contributed by atoms with Gasteiger partial charge in [0.2, 0.25) is 0 Å². The summed E-state index contributed by atoms with van der Waals surface area (Å²) >= 11 is 0. The smallest absolute Gasteiger partial charge is 0.264 e. The number of hydrogen-bond donors (Lipinski definition) is 2. The van der Waals surface area contributed by atoms with Crippen molar-refractivity contribution in [2.75, 3.05) is 4.72 Å². The van der Waals surface area contributed by atoms with Gasteiger partial charge in [-0.3, -0.25) is 4.72 Å². The summed E-state index contributed by atoms with van der Waals surface area (Å²) in [5, 5.41) is 8.92. The molecule has 112 valence electrons. The quantitative estimate of drug-likeness (QED) is 0.892. The zero-order valence-electron chi connectivity index (χ0n) is 11.5. The van der Waals surface area contributed by atoms with Crippen molar-refractivity contribution in [3.05, 3.63) is 59.4 Å². The summed E-state index contributed by atoms with van der Waals surface area (Å²) in [4.78, 5) is -0.443. The molecule has 0 unspecified atom stereocenters. The molecular weight excluding hydrogens is 293 g/mol. The van der Waals surface area contributed by atoms with Crippen LogP contribution in [0, 0.1) is 5.82 Å². The van der Waals surface area contributed by atoms with E-state index in [1.54, 1.807) is 18.2 Å². The molecule has 0 saturated carbocycles. The summed E-state index contributed by atoms with van der Waals surface area (Å²) in [5.74, 6) is -0.888. The molecule has 0 saturated heterocycles. The summed E-state index contributed by atoms with van der Waals surface area (Å²) in [7, 11) is -4.00. The first-order valence-corrected chi connectivity index (χ1v) is 7.95. The van der Waals surface area contributed by atoms with Crippen molar-refractivity contribution >= 4 is 15.7 Å². The Morgan fingerprint density at radius 3 is 2.52 bits per heavy atom. The van der Waals surface area contributed by atoms with E-state index in [-0.39, 0.29) is 6.61 Å². The van der Waals surface area contributed by atoms with Gasteiger partial charge in [0.05, 0.1) is 6.61 Å². The summed E-state index contributed by atoms with van der Waals surface area (Å²) < 4.78 is 40.6. The highest BCUT2D eigenvalue weighted by molar-refractivity contribution is 7.92. The molecule has 21 heavy (non-hydrogen) atoms. The van der Waals surface area contributed by atoms with Gasteiger partial charge in [-0.25, -0.2) is 12.8 Å². The number of nitrogens with one attached hydrogen (secondary N) is 1. The van der Waals surface area contributed by atoms with Crippen molar-refractivity contribution in [2.24, 2.45) is 0 Å². The van der Waals surface area contributed by atoms with Crippen LogP contribution in [0.25, 0.3) is 0 Å². The molecule has 0 atom stereocenters. The molecule has 0 aliphatic rings. The highest BCUT2D eigenvalue weighted by Crippen LogP contribution is 2.20. The normalized spacial score (nSPS) is 11.4. The average molecular weight is 309 g/mol. The molecule has 6 heteroatoms. The Morgan fingerprint density at radius 1 is 1.14 bits per heavy atom. The fraction of sp³-hybridized carbons (Fsp3) is 0.200. The lowest BCUT2D eigenvalue weighted by Gasteiger charge is -2.10. The van der Waals surface area contributed by atoms with Crippen molar-refractivity contribution < 1.29 is 17.9 Å². The topological polar surface area (TPSA) is 66.4 Å². The maximum atomic E-state index is 13.9. The van der Waals surface area contributed by atoms with E-state index in [4.69, 9.17) is 5.11 Å². The van der Waals surface area contributed by atoms with E-state index in [1.807, 2.05) is 13.0 Å². The van der Waals surface area contributed by atoms with Gasteiger partial charge in [-0.05, 0) is 41.8 Å². The second kappa shape index (κ2) is 6.24. The van der Waals surface area contributed by atoms with Crippen LogP contribution < -0.4 is 4.72 Å². The predicted octanol–water partition coefficient (Wildman–Crippen LogP) is 2.68. The van der Waals surface area contributed by atoms with Crippen molar-refractivity contribution in [3.63, 3.8) is 0 Å². The Hall–Kier alpha value is -1.92. The fourth-order valence-electron chi connectivity index (χ4n) is 1.93. The molecular formula is C15H16FNO3S. The Labute approximate surface area is 123 Å². The largest absolute Gasteiger partial charge is 0.392 e. The number of sulfonamides is 1. The van der Waals surface area contributed by atoms with Crippen LogP contribution in [0.15, 0.2) is 47.4 Å². The van der Waals surface area contributed by atoms with E-state index in [0.717, 1.165) is 24.1 Å². The Morgan fingerprint density at radius 2 is 1.90 bits per heavy atom. The third kappa shape index (κ3) is 3.59. The minimum absolute atomic E-state index is 0.319. The van der Waals surface area contributed by atoms with Gasteiger partial charge in [-0.2, -0.15) is 0 Å². The molecule has 0 amide bonds. The highest BCUT2D eigenvalue weighted by Gasteiger charge is 2.19. The second-order valence-electron chi connectivity index (χ2n) is 4.58. The van der Waals surface area contributed by atoms with E-state index >= 15 is 0 Å². The number of benzene rings is 2. The van der Waals surface area contributed by atoms with Crippen LogP contribution >= 0.6 is 0 Å². The van der Waals surface area contributed by atoms with Gasteiger partial charge in [-0.1, -0.05) is 25.1 Å². The van der Waals surface area contributed by atoms with Crippen LogP contribution in [0.5, 0.6) is 0 Å². The van der Waals surface area contributed by atoms with Crippen LogP contribution in [-0.4, -0.2) is 13.5 Å². The highest BCUT2D eigenvalue weighted by atomic mass is 32.2. The molecule has 0 spiro atoms. The Kier molecular flexibility index (Phi) is 4.59. The Bertz CT molecular complexity index is 744. The van der Waals surface area contributed by atoms with E-state index in [0.29, 0.717) is 11.3 Å². The van der Waals surface area contributed by atoms with E-state index in [2.05, 4.69) is 4.72 Å². The first kappa shape index (κ1) is 15.5. The SMILES string of the molecule is CCc1cccc(NS(=O)(=O)c2ccc(CO)cc2F)c1. The van der Waals surface area contributed by atoms with Crippen LogP contribution in [0.1, 0.15) is 18.1 Å². The van der Waals surface area contributed by atoms with Gasteiger partial charge in [-0.15, -0.1) is 0 Å². The van der Waals surface area contributed by atoms with Gasteiger partial charge >= 0.3 is 0 Å². The molecule has 2 N–H and O–H groups in total. The molecule has 0 aliphatic carbocycles. The van der Waals surface area contributed by atoms with Gasteiger partial charge in [0.25, 0.3) is 10.0 Å². The number of rotatable bonds is 5. The van der Waals surface area contributed by atoms with Crippen LogP contribution in [0.4, 0.5) is 10.1 Å². The molecule has 2 aromatic rings. The van der Waals surface area contributed by atoms with E-state index < -0.39 is 20.7 Å². The summed E-state index contributed by atoms with van der Waals surface area (Å²) in [6.07, 6.45) is 0.773. The molecule has 0 aliphatic heterocycles. The molecule has 4 nitrogen and oxygen atoms in total. The van der Waals surface area contributed by atoms with E-state index in [9.17, 15) is 12.8 Å². The van der Waals surface area contributed by atoms with Crippen molar-refractivity contribution in [3.8, 4) is 0 Å².